The van der Waals surface area contributed by atoms with Gasteiger partial charge in [-0.3, -0.25) is 14.5 Å². The van der Waals surface area contributed by atoms with Gasteiger partial charge in [0.05, 0.1) is 16.0 Å². The lowest BCUT2D eigenvalue weighted by atomic mass is 10.3. The Hall–Kier alpha value is -0.820. The van der Waals surface area contributed by atoms with Gasteiger partial charge in [-0.1, -0.05) is 47.2 Å². The molecule has 1 saturated heterocycles. The highest BCUT2D eigenvalue weighted by molar-refractivity contribution is 8.24. The maximum atomic E-state index is 11.9. The lowest BCUT2D eigenvalue weighted by Crippen LogP contribution is -2.33. The molecule has 0 aliphatic carbocycles. The van der Waals surface area contributed by atoms with Crippen LogP contribution in [0.3, 0.4) is 0 Å². The molecule has 0 radical (unpaired) electrons. The number of nitrogens with one attached hydrogen (secondary N) is 1. The van der Waals surface area contributed by atoms with Crippen LogP contribution in [-0.2, 0) is 9.59 Å². The van der Waals surface area contributed by atoms with Crippen LogP contribution in [0.1, 0.15) is 13.3 Å². The van der Waals surface area contributed by atoms with E-state index in [1.807, 2.05) is 0 Å². The molecule has 2 amide bonds. The van der Waals surface area contributed by atoms with Crippen molar-refractivity contribution in [1.82, 2.24) is 4.90 Å². The summed E-state index contributed by atoms with van der Waals surface area (Å²) < 4.78 is 0.515. The third-order valence-corrected chi connectivity index (χ3v) is 4.93. The fourth-order valence-electron chi connectivity index (χ4n) is 1.80. The maximum absolute atomic E-state index is 11.9. The van der Waals surface area contributed by atoms with Gasteiger partial charge in [0.15, 0.2) is 0 Å². The van der Waals surface area contributed by atoms with E-state index < -0.39 is 0 Å². The lowest BCUT2D eigenvalue weighted by Gasteiger charge is -2.15. The average Bonchev–Trinajstić information content (AvgIpc) is 2.66. The first-order valence-corrected chi connectivity index (χ1v) is 8.20. The normalized spacial score (nSPS) is 18.2. The molecule has 1 atom stereocenters. The number of hydrogen-bond donors (Lipinski definition) is 1. The van der Waals surface area contributed by atoms with Crippen molar-refractivity contribution in [3.05, 3.63) is 28.2 Å². The van der Waals surface area contributed by atoms with Crippen molar-refractivity contribution in [1.29, 1.82) is 0 Å². The van der Waals surface area contributed by atoms with Crippen molar-refractivity contribution in [2.75, 3.05) is 11.9 Å². The Kier molecular flexibility index (Phi) is 5.48. The number of nitrogens with zero attached hydrogens (tertiary/aromatic N) is 1. The summed E-state index contributed by atoms with van der Waals surface area (Å²) in [6.45, 7) is 2.06. The molecule has 4 nitrogen and oxygen atoms in total. The average molecular weight is 363 g/mol. The molecule has 1 aliphatic heterocycles. The molecule has 1 aromatic rings. The molecule has 8 heteroatoms. The second-order valence-electron chi connectivity index (χ2n) is 4.44. The molecule has 1 fully saturated rings. The second kappa shape index (κ2) is 6.96. The smallest absolute Gasteiger partial charge is 0.241 e. The second-order valence-corrected chi connectivity index (χ2v) is 7.26. The largest absolute Gasteiger partial charge is 0.325 e. The van der Waals surface area contributed by atoms with E-state index in [4.69, 9.17) is 35.4 Å². The third-order valence-electron chi connectivity index (χ3n) is 2.88. The van der Waals surface area contributed by atoms with Gasteiger partial charge < -0.3 is 5.32 Å². The highest BCUT2D eigenvalue weighted by Crippen LogP contribution is 2.27. The standard InChI is InChI=1S/C13H12Cl2N2O2S2/c1-7-12(19)17(13(20)21-7)5-4-11(18)16-10-6-8(14)2-3-9(10)15/h2-3,6-7H,4-5H2,1H3,(H,16,18). The summed E-state index contributed by atoms with van der Waals surface area (Å²) >= 11 is 18.3. The minimum atomic E-state index is -0.251. The molecule has 1 heterocycles. The SMILES string of the molecule is CC1SC(=S)N(CCC(=O)Nc2cc(Cl)ccc2Cl)C1=O. The molecule has 0 spiro atoms. The van der Waals surface area contributed by atoms with Gasteiger partial charge in [-0.25, -0.2) is 0 Å². The Morgan fingerprint density at radius 3 is 2.81 bits per heavy atom. The fourth-order valence-corrected chi connectivity index (χ4v) is 3.59. The molecule has 1 unspecified atom stereocenters. The number of carbonyl (C=O) groups is 2. The van der Waals surface area contributed by atoms with Crippen LogP contribution in [0.15, 0.2) is 18.2 Å². The summed E-state index contributed by atoms with van der Waals surface area (Å²) in [4.78, 5) is 25.2. The number of benzene rings is 1. The Bertz CT molecular complexity index is 610. The summed E-state index contributed by atoms with van der Waals surface area (Å²) in [5.41, 5.74) is 0.451. The van der Waals surface area contributed by atoms with E-state index >= 15 is 0 Å². The molecule has 1 aliphatic rings. The molecule has 0 saturated carbocycles. The molecule has 1 N–H and O–H groups in total. The van der Waals surface area contributed by atoms with E-state index in [0.717, 1.165) is 0 Å². The van der Waals surface area contributed by atoms with Crippen molar-refractivity contribution in [3.8, 4) is 0 Å². The maximum Gasteiger partial charge on any atom is 0.241 e. The lowest BCUT2D eigenvalue weighted by molar-refractivity contribution is -0.126. The highest BCUT2D eigenvalue weighted by Gasteiger charge is 2.33. The van der Waals surface area contributed by atoms with Crippen LogP contribution in [-0.4, -0.2) is 32.8 Å². The van der Waals surface area contributed by atoms with Crippen LogP contribution in [0.4, 0.5) is 5.69 Å². The fraction of sp³-hybridized carbons (Fsp3) is 0.308. The van der Waals surface area contributed by atoms with Crippen molar-refractivity contribution >= 4 is 69.0 Å². The minimum absolute atomic E-state index is 0.0569. The van der Waals surface area contributed by atoms with Crippen LogP contribution >= 0.6 is 47.2 Å². The number of amides is 2. The van der Waals surface area contributed by atoms with Gasteiger partial charge in [-0.15, -0.1) is 0 Å². The zero-order valence-electron chi connectivity index (χ0n) is 11.1. The van der Waals surface area contributed by atoms with Gasteiger partial charge >= 0.3 is 0 Å². The topological polar surface area (TPSA) is 49.4 Å². The van der Waals surface area contributed by atoms with Gasteiger partial charge in [-0.05, 0) is 25.1 Å². The van der Waals surface area contributed by atoms with E-state index in [1.165, 1.54) is 16.7 Å². The Morgan fingerprint density at radius 2 is 2.19 bits per heavy atom. The van der Waals surface area contributed by atoms with Crippen LogP contribution in [0, 0.1) is 0 Å². The molecule has 0 bridgehead atoms. The quantitative estimate of drug-likeness (QED) is 0.831. The Morgan fingerprint density at radius 1 is 1.48 bits per heavy atom. The van der Waals surface area contributed by atoms with E-state index in [2.05, 4.69) is 5.32 Å². The van der Waals surface area contributed by atoms with Gasteiger partial charge in [-0.2, -0.15) is 0 Å². The molecule has 21 heavy (non-hydrogen) atoms. The Labute approximate surface area is 142 Å². The monoisotopic (exact) mass is 362 g/mol. The number of hydrogen-bond acceptors (Lipinski definition) is 4. The van der Waals surface area contributed by atoms with E-state index in [-0.39, 0.29) is 30.0 Å². The minimum Gasteiger partial charge on any atom is -0.325 e. The van der Waals surface area contributed by atoms with Crippen molar-refractivity contribution < 1.29 is 9.59 Å². The molecule has 1 aromatic carbocycles. The molecule has 112 valence electrons. The van der Waals surface area contributed by atoms with E-state index in [1.54, 1.807) is 25.1 Å². The van der Waals surface area contributed by atoms with Crippen LogP contribution in [0.25, 0.3) is 0 Å². The zero-order valence-corrected chi connectivity index (χ0v) is 14.2. The number of carbonyl (C=O) groups excluding carboxylic acids is 2. The van der Waals surface area contributed by atoms with Crippen molar-refractivity contribution in [2.45, 2.75) is 18.6 Å². The summed E-state index contributed by atoms with van der Waals surface area (Å²) in [5, 5.41) is 3.38. The van der Waals surface area contributed by atoms with Gasteiger partial charge in [0.1, 0.15) is 4.32 Å². The van der Waals surface area contributed by atoms with Crippen LogP contribution in [0.2, 0.25) is 10.0 Å². The number of thioether (sulfide) groups is 1. The molecule has 0 aromatic heterocycles. The third kappa shape index (κ3) is 4.10. The number of rotatable bonds is 4. The summed E-state index contributed by atoms with van der Waals surface area (Å²) in [7, 11) is 0. The van der Waals surface area contributed by atoms with Crippen molar-refractivity contribution in [3.63, 3.8) is 0 Å². The van der Waals surface area contributed by atoms with Gasteiger partial charge in [0.2, 0.25) is 11.8 Å². The van der Waals surface area contributed by atoms with Crippen molar-refractivity contribution in [2.24, 2.45) is 0 Å². The van der Waals surface area contributed by atoms with Gasteiger partial charge in [0.25, 0.3) is 0 Å². The van der Waals surface area contributed by atoms with E-state index in [9.17, 15) is 9.59 Å². The predicted molar refractivity (Wildman–Crippen MR) is 91.1 cm³/mol. The zero-order chi connectivity index (χ0) is 15.6. The first kappa shape index (κ1) is 16.5. The summed E-state index contributed by atoms with van der Waals surface area (Å²) in [6, 6.07) is 4.82. The number of halogens is 2. The summed E-state index contributed by atoms with van der Waals surface area (Å²) in [5.74, 6) is -0.307. The van der Waals surface area contributed by atoms with E-state index in [0.29, 0.717) is 20.1 Å². The van der Waals surface area contributed by atoms with Crippen LogP contribution in [0.5, 0.6) is 0 Å². The number of thiocarbonyl (C=S) groups is 1. The first-order valence-electron chi connectivity index (χ1n) is 6.15. The number of anilines is 1. The summed E-state index contributed by atoms with van der Waals surface area (Å²) in [6.07, 6.45) is 0.141. The predicted octanol–water partition coefficient (Wildman–Crippen LogP) is 3.57. The molecular formula is C13H12Cl2N2O2S2. The molecule has 2 rings (SSSR count). The van der Waals surface area contributed by atoms with Crippen LogP contribution < -0.4 is 5.32 Å². The highest BCUT2D eigenvalue weighted by atomic mass is 35.5. The first-order chi connectivity index (χ1) is 9.88. The molecular weight excluding hydrogens is 351 g/mol. The van der Waals surface area contributed by atoms with Gasteiger partial charge in [0, 0.05) is 18.0 Å². The Balaban J connectivity index is 1.92.